The SMILES string of the molecule is CCO[Si](C)(C)c1cc2cc(OC)ccc2o1. The maximum atomic E-state index is 5.87. The second-order valence-corrected chi connectivity index (χ2v) is 8.26. The van der Waals surface area contributed by atoms with E-state index in [1.54, 1.807) is 7.11 Å². The minimum absolute atomic E-state index is 0.722. The van der Waals surface area contributed by atoms with Crippen LogP contribution in [-0.4, -0.2) is 22.0 Å². The molecule has 92 valence electrons. The molecule has 17 heavy (non-hydrogen) atoms. The highest BCUT2D eigenvalue weighted by Crippen LogP contribution is 2.22. The van der Waals surface area contributed by atoms with Crippen LogP contribution in [0.15, 0.2) is 28.7 Å². The number of furan rings is 1. The van der Waals surface area contributed by atoms with Crippen molar-refractivity contribution in [2.45, 2.75) is 20.0 Å². The Morgan fingerprint density at radius 1 is 1.24 bits per heavy atom. The van der Waals surface area contributed by atoms with E-state index >= 15 is 0 Å². The van der Waals surface area contributed by atoms with Gasteiger partial charge in [-0.1, -0.05) is 0 Å². The van der Waals surface area contributed by atoms with Crippen molar-refractivity contribution < 1.29 is 13.6 Å². The van der Waals surface area contributed by atoms with E-state index in [0.717, 1.165) is 28.7 Å². The third-order valence-electron chi connectivity index (χ3n) is 2.82. The molecule has 1 heterocycles. The van der Waals surface area contributed by atoms with Crippen molar-refractivity contribution in [3.05, 3.63) is 24.3 Å². The minimum atomic E-state index is -1.90. The largest absolute Gasteiger partial charge is 0.497 e. The first-order chi connectivity index (χ1) is 8.06. The molecule has 3 nitrogen and oxygen atoms in total. The number of ether oxygens (including phenoxy) is 1. The van der Waals surface area contributed by atoms with Crippen LogP contribution in [0.2, 0.25) is 13.1 Å². The fraction of sp³-hybridized carbons (Fsp3) is 0.385. The van der Waals surface area contributed by atoms with Crippen LogP contribution in [0.3, 0.4) is 0 Å². The Balaban J connectivity index is 2.44. The van der Waals surface area contributed by atoms with Gasteiger partial charge in [0.25, 0.3) is 8.32 Å². The first-order valence-corrected chi connectivity index (χ1v) is 8.69. The third kappa shape index (κ3) is 2.37. The molecule has 0 N–H and O–H groups in total. The molecule has 2 aromatic rings. The molecule has 0 spiro atoms. The van der Waals surface area contributed by atoms with Crippen LogP contribution in [0, 0.1) is 0 Å². The lowest BCUT2D eigenvalue weighted by molar-refractivity contribution is 0.334. The van der Waals surface area contributed by atoms with E-state index in [-0.39, 0.29) is 0 Å². The summed E-state index contributed by atoms with van der Waals surface area (Å²) in [7, 11) is -0.230. The summed E-state index contributed by atoms with van der Waals surface area (Å²) in [4.78, 5) is 0. The highest BCUT2D eigenvalue weighted by Gasteiger charge is 2.29. The van der Waals surface area contributed by atoms with Gasteiger partial charge in [-0.3, -0.25) is 0 Å². The van der Waals surface area contributed by atoms with Crippen LogP contribution in [0.1, 0.15) is 6.92 Å². The monoisotopic (exact) mass is 250 g/mol. The predicted molar refractivity (Wildman–Crippen MR) is 71.5 cm³/mol. The smallest absolute Gasteiger partial charge is 0.257 e. The van der Waals surface area contributed by atoms with Crippen LogP contribution in [0.5, 0.6) is 5.75 Å². The Bertz CT molecular complexity index is 516. The van der Waals surface area contributed by atoms with E-state index in [4.69, 9.17) is 13.6 Å². The molecule has 0 atom stereocenters. The average molecular weight is 250 g/mol. The van der Waals surface area contributed by atoms with Gasteiger partial charge >= 0.3 is 0 Å². The lowest BCUT2D eigenvalue weighted by Crippen LogP contribution is -2.43. The summed E-state index contributed by atoms with van der Waals surface area (Å²) in [5.74, 6) is 0.848. The van der Waals surface area contributed by atoms with E-state index < -0.39 is 8.32 Å². The number of hydrogen-bond acceptors (Lipinski definition) is 3. The summed E-state index contributed by atoms with van der Waals surface area (Å²) in [6, 6.07) is 7.90. The molecule has 0 bridgehead atoms. The summed E-state index contributed by atoms with van der Waals surface area (Å²) in [6.07, 6.45) is 0. The van der Waals surface area contributed by atoms with E-state index in [0.29, 0.717) is 0 Å². The van der Waals surface area contributed by atoms with Crippen LogP contribution < -0.4 is 10.1 Å². The number of rotatable bonds is 4. The fourth-order valence-corrected chi connectivity index (χ4v) is 3.60. The third-order valence-corrected chi connectivity index (χ3v) is 5.27. The van der Waals surface area contributed by atoms with Crippen LogP contribution in [-0.2, 0) is 4.43 Å². The molecule has 0 unspecified atom stereocenters. The van der Waals surface area contributed by atoms with Gasteiger partial charge < -0.3 is 13.6 Å². The molecular formula is C13H18O3Si. The van der Waals surface area contributed by atoms with Crippen molar-refractivity contribution in [3.63, 3.8) is 0 Å². The predicted octanol–water partition coefficient (Wildman–Crippen LogP) is 2.89. The quantitative estimate of drug-likeness (QED) is 0.782. The molecule has 0 aliphatic carbocycles. The van der Waals surface area contributed by atoms with E-state index in [2.05, 4.69) is 19.2 Å². The maximum absolute atomic E-state index is 5.87. The van der Waals surface area contributed by atoms with Crippen molar-refractivity contribution in [3.8, 4) is 5.75 Å². The highest BCUT2D eigenvalue weighted by molar-refractivity contribution is 6.83. The Hall–Kier alpha value is -1.26. The standard InChI is InChI=1S/C13H18O3Si/c1-5-15-17(3,4)13-9-10-8-11(14-2)6-7-12(10)16-13/h6-9H,5H2,1-4H3. The Kier molecular flexibility index (Phi) is 3.26. The number of methoxy groups -OCH3 is 1. The van der Waals surface area contributed by atoms with Crippen molar-refractivity contribution in [2.75, 3.05) is 13.7 Å². The molecular weight excluding hydrogens is 232 g/mol. The summed E-state index contributed by atoms with van der Waals surface area (Å²) < 4.78 is 16.9. The lowest BCUT2D eigenvalue weighted by Gasteiger charge is -2.18. The first kappa shape index (κ1) is 12.2. The van der Waals surface area contributed by atoms with Gasteiger partial charge in [0.1, 0.15) is 16.7 Å². The summed E-state index contributed by atoms with van der Waals surface area (Å²) in [5.41, 5.74) is 0.890. The highest BCUT2D eigenvalue weighted by atomic mass is 28.4. The molecule has 0 saturated heterocycles. The van der Waals surface area contributed by atoms with Crippen molar-refractivity contribution >= 4 is 24.7 Å². The van der Waals surface area contributed by atoms with E-state index in [1.807, 2.05) is 25.1 Å². The second-order valence-electron chi connectivity index (χ2n) is 4.46. The van der Waals surface area contributed by atoms with Crippen molar-refractivity contribution in [1.82, 2.24) is 0 Å². The van der Waals surface area contributed by atoms with Gasteiger partial charge in [-0.25, -0.2) is 0 Å². The molecule has 2 rings (SSSR count). The number of hydrogen-bond donors (Lipinski definition) is 0. The van der Waals surface area contributed by atoms with Crippen molar-refractivity contribution in [2.24, 2.45) is 0 Å². The minimum Gasteiger partial charge on any atom is -0.497 e. The number of fused-ring (bicyclic) bond motifs is 1. The van der Waals surface area contributed by atoms with Gasteiger partial charge in [-0.15, -0.1) is 0 Å². The van der Waals surface area contributed by atoms with Crippen LogP contribution in [0.25, 0.3) is 11.0 Å². The van der Waals surface area contributed by atoms with Crippen LogP contribution in [0.4, 0.5) is 0 Å². The van der Waals surface area contributed by atoms with Gasteiger partial charge in [-0.2, -0.15) is 0 Å². The first-order valence-electron chi connectivity index (χ1n) is 5.79. The zero-order chi connectivity index (χ0) is 12.5. The molecule has 1 aromatic carbocycles. The maximum Gasteiger partial charge on any atom is 0.257 e. The lowest BCUT2D eigenvalue weighted by atomic mass is 10.2. The molecule has 0 radical (unpaired) electrons. The number of benzene rings is 1. The second kappa shape index (κ2) is 4.54. The van der Waals surface area contributed by atoms with Gasteiger partial charge in [0, 0.05) is 12.0 Å². The Labute approximate surface area is 102 Å². The Morgan fingerprint density at radius 3 is 2.65 bits per heavy atom. The van der Waals surface area contributed by atoms with Crippen molar-refractivity contribution in [1.29, 1.82) is 0 Å². The van der Waals surface area contributed by atoms with Gasteiger partial charge in [0.05, 0.1) is 7.11 Å². The van der Waals surface area contributed by atoms with E-state index in [9.17, 15) is 0 Å². The van der Waals surface area contributed by atoms with Gasteiger partial charge in [0.2, 0.25) is 0 Å². The van der Waals surface area contributed by atoms with E-state index in [1.165, 1.54) is 0 Å². The van der Waals surface area contributed by atoms with Gasteiger partial charge in [0.15, 0.2) is 0 Å². The molecule has 0 aliphatic heterocycles. The molecule has 0 saturated carbocycles. The zero-order valence-corrected chi connectivity index (χ0v) is 11.7. The molecule has 1 aromatic heterocycles. The zero-order valence-electron chi connectivity index (χ0n) is 10.7. The average Bonchev–Trinajstić information content (AvgIpc) is 2.72. The fourth-order valence-electron chi connectivity index (χ4n) is 1.88. The molecule has 0 fully saturated rings. The van der Waals surface area contributed by atoms with Gasteiger partial charge in [-0.05, 0) is 44.3 Å². The normalized spacial score (nSPS) is 12.0. The molecule has 0 aliphatic rings. The molecule has 0 amide bonds. The summed E-state index contributed by atoms with van der Waals surface area (Å²) >= 11 is 0. The van der Waals surface area contributed by atoms with Crippen LogP contribution >= 0.6 is 0 Å². The topological polar surface area (TPSA) is 31.6 Å². The summed E-state index contributed by atoms with van der Waals surface area (Å²) in [6.45, 7) is 7.02. The summed E-state index contributed by atoms with van der Waals surface area (Å²) in [5, 5.41) is 2.04. The molecule has 4 heteroatoms. The Morgan fingerprint density at radius 2 is 2.00 bits per heavy atom.